The number of rotatable bonds is 12. The van der Waals surface area contributed by atoms with E-state index < -0.39 is 0 Å². The van der Waals surface area contributed by atoms with E-state index in [2.05, 4.69) is 51.7 Å². The molecule has 2 heterocycles. The Morgan fingerprint density at radius 3 is 2.12 bits per heavy atom. The van der Waals surface area contributed by atoms with Gasteiger partial charge >= 0.3 is 0 Å². The van der Waals surface area contributed by atoms with Crippen molar-refractivity contribution >= 4 is 29.4 Å². The Kier molecular flexibility index (Phi) is 11.0. The molecule has 0 saturated carbocycles. The molecule has 0 fully saturated rings. The van der Waals surface area contributed by atoms with Crippen molar-refractivity contribution in [3.05, 3.63) is 127 Å². The van der Waals surface area contributed by atoms with Gasteiger partial charge in [-0.25, -0.2) is 14.8 Å². The molecule has 11 nitrogen and oxygen atoms in total. The van der Waals surface area contributed by atoms with Crippen LogP contribution >= 0.6 is 0 Å². The molecule has 0 aliphatic carbocycles. The van der Waals surface area contributed by atoms with Crippen LogP contribution in [0.3, 0.4) is 0 Å². The van der Waals surface area contributed by atoms with Crippen LogP contribution in [0.4, 0.5) is 11.4 Å². The Morgan fingerprint density at radius 2 is 1.58 bits per heavy atom. The van der Waals surface area contributed by atoms with Crippen molar-refractivity contribution in [2.45, 2.75) is 40.9 Å². The van der Waals surface area contributed by atoms with Gasteiger partial charge in [0.2, 0.25) is 0 Å². The van der Waals surface area contributed by atoms with E-state index in [1.54, 1.807) is 40.9 Å². The Hall–Kier alpha value is -4.91. The Morgan fingerprint density at radius 1 is 0.958 bits per heavy atom. The lowest BCUT2D eigenvalue weighted by Gasteiger charge is -2.22. The SMILES string of the molecule is CCN(CCO)c1ccc(/C=C(C)/C=c2\c(C)c3c(n(-c4ccc(COO)cc4)c2=O)=NN(c2ccc(COO)cc2)C3=NC)c(C)c1. The maximum Gasteiger partial charge on any atom is 0.264 e. The zero-order valence-electron chi connectivity index (χ0n) is 27.8. The lowest BCUT2D eigenvalue weighted by molar-refractivity contribution is -0.253. The Balaban J connectivity index is 1.68. The van der Waals surface area contributed by atoms with Gasteiger partial charge in [-0.15, -0.1) is 5.10 Å². The number of aliphatic imine (C=N–C) groups is 1. The average Bonchev–Trinajstić information content (AvgIpc) is 3.47. The number of anilines is 2. The predicted molar refractivity (Wildman–Crippen MR) is 188 cm³/mol. The number of allylic oxidation sites excluding steroid dienone is 1. The lowest BCUT2D eigenvalue weighted by atomic mass is 10.0. The molecular weight excluding hydrogens is 610 g/mol. The zero-order chi connectivity index (χ0) is 34.4. The highest BCUT2D eigenvalue weighted by atomic mass is 17.1. The molecular formula is C37H41N5O6. The second-order valence-corrected chi connectivity index (χ2v) is 11.6. The topological polar surface area (TPSA) is 132 Å². The number of fused-ring (bicyclic) bond motifs is 1. The van der Waals surface area contributed by atoms with Crippen molar-refractivity contribution in [1.29, 1.82) is 0 Å². The molecule has 0 amide bonds. The first-order chi connectivity index (χ1) is 23.2. The molecule has 0 bridgehead atoms. The summed E-state index contributed by atoms with van der Waals surface area (Å²) in [4.78, 5) is 29.8. The quantitative estimate of drug-likeness (QED) is 0.150. The van der Waals surface area contributed by atoms with E-state index >= 15 is 0 Å². The van der Waals surface area contributed by atoms with E-state index in [0.717, 1.165) is 56.9 Å². The number of aryl methyl sites for hydroxylation is 1. The molecule has 0 saturated heterocycles. The standard InChI is InChI=1S/C37H41N5O6/c1-6-40(17-18-43)32-16-11-29(25(3)21-32)19-24(2)20-33-26(4)34-35(38-5)42(31-14-9-28(10-15-31)23-48-46)39-36(34)41(37(33)44)30-12-7-27(8-13-30)22-47-45/h7-16,19-21,43,45-46H,6,17-18,22-23H2,1-5H3/b24-19+,33-20+,38-35?. The van der Waals surface area contributed by atoms with Crippen molar-refractivity contribution < 1.29 is 25.4 Å². The van der Waals surface area contributed by atoms with Crippen LogP contribution in [-0.2, 0) is 23.0 Å². The third-order valence-corrected chi connectivity index (χ3v) is 8.44. The molecule has 0 unspecified atom stereocenters. The molecule has 0 atom stereocenters. The molecule has 0 radical (unpaired) electrons. The first kappa shape index (κ1) is 34.4. The fourth-order valence-electron chi connectivity index (χ4n) is 5.95. The van der Waals surface area contributed by atoms with Crippen LogP contribution in [0.25, 0.3) is 17.8 Å². The summed E-state index contributed by atoms with van der Waals surface area (Å²) in [5, 5.41) is 34.4. The highest BCUT2D eigenvalue weighted by Gasteiger charge is 2.29. The Labute approximate surface area is 279 Å². The van der Waals surface area contributed by atoms with Gasteiger partial charge in [0.05, 0.1) is 23.5 Å². The summed E-state index contributed by atoms with van der Waals surface area (Å²) in [6.07, 6.45) is 3.96. The zero-order valence-corrected chi connectivity index (χ0v) is 27.8. The van der Waals surface area contributed by atoms with Gasteiger partial charge in [-0.05, 0) is 104 Å². The maximum absolute atomic E-state index is 14.4. The number of hydrogen-bond acceptors (Lipinski definition) is 9. The van der Waals surface area contributed by atoms with Gasteiger partial charge in [0.25, 0.3) is 5.56 Å². The summed E-state index contributed by atoms with van der Waals surface area (Å²) in [7, 11) is 1.70. The molecule has 1 aliphatic rings. The lowest BCUT2D eigenvalue weighted by Crippen LogP contribution is -2.45. The first-order valence-electron chi connectivity index (χ1n) is 15.7. The van der Waals surface area contributed by atoms with Crippen molar-refractivity contribution in [3.8, 4) is 5.69 Å². The summed E-state index contributed by atoms with van der Waals surface area (Å²) >= 11 is 0. The minimum Gasteiger partial charge on any atom is -0.395 e. The molecule has 1 aromatic heterocycles. The van der Waals surface area contributed by atoms with E-state index in [1.807, 2.05) is 50.3 Å². The van der Waals surface area contributed by atoms with Crippen molar-refractivity contribution in [2.24, 2.45) is 10.1 Å². The highest BCUT2D eigenvalue weighted by molar-refractivity contribution is 6.11. The van der Waals surface area contributed by atoms with Gasteiger partial charge in [-0.2, -0.15) is 0 Å². The van der Waals surface area contributed by atoms with Gasteiger partial charge in [0.15, 0.2) is 11.3 Å². The van der Waals surface area contributed by atoms with E-state index in [1.165, 1.54) is 0 Å². The summed E-state index contributed by atoms with van der Waals surface area (Å²) in [5.74, 6) is 0.582. The highest BCUT2D eigenvalue weighted by Crippen LogP contribution is 2.24. The Bertz CT molecular complexity index is 2020. The largest absolute Gasteiger partial charge is 0.395 e. The molecule has 3 N–H and O–H groups in total. The molecule has 11 heteroatoms. The number of nitrogens with zero attached hydrogens (tertiary/aromatic N) is 5. The number of amidine groups is 1. The predicted octanol–water partition coefficient (Wildman–Crippen LogP) is 4.57. The maximum atomic E-state index is 14.4. The molecule has 0 spiro atoms. The van der Waals surface area contributed by atoms with Crippen molar-refractivity contribution in [2.75, 3.05) is 36.7 Å². The minimum atomic E-state index is -0.240. The van der Waals surface area contributed by atoms with E-state index in [-0.39, 0.29) is 25.4 Å². The van der Waals surface area contributed by atoms with E-state index in [4.69, 9.17) is 15.6 Å². The number of hydrogen-bond donors (Lipinski definition) is 3. The van der Waals surface area contributed by atoms with Crippen LogP contribution < -0.4 is 26.2 Å². The number of likely N-dealkylation sites (N-methyl/N-ethyl adjacent to an activating group) is 1. The third kappa shape index (κ3) is 7.01. The van der Waals surface area contributed by atoms with Gasteiger partial charge < -0.3 is 10.0 Å². The fraction of sp³-hybridized carbons (Fsp3) is 0.270. The van der Waals surface area contributed by atoms with Crippen LogP contribution in [0.5, 0.6) is 0 Å². The fourth-order valence-corrected chi connectivity index (χ4v) is 5.95. The van der Waals surface area contributed by atoms with Crippen LogP contribution in [0.15, 0.2) is 87.2 Å². The van der Waals surface area contributed by atoms with Crippen LogP contribution in [-0.4, -0.2) is 52.8 Å². The van der Waals surface area contributed by atoms with Crippen molar-refractivity contribution in [1.82, 2.24) is 4.57 Å². The molecule has 5 rings (SSSR count). The van der Waals surface area contributed by atoms with Gasteiger partial charge in [-0.3, -0.25) is 24.9 Å². The molecule has 3 aromatic carbocycles. The first-order valence-corrected chi connectivity index (χ1v) is 15.7. The second kappa shape index (κ2) is 15.3. The van der Waals surface area contributed by atoms with Gasteiger partial charge in [-0.1, -0.05) is 36.4 Å². The monoisotopic (exact) mass is 651 g/mol. The van der Waals surface area contributed by atoms with E-state index in [9.17, 15) is 9.90 Å². The normalized spacial score (nSPS) is 14.1. The number of benzene rings is 3. The van der Waals surface area contributed by atoms with Gasteiger partial charge in [0.1, 0.15) is 13.2 Å². The summed E-state index contributed by atoms with van der Waals surface area (Å²) in [6, 6.07) is 20.7. The number of aliphatic hydroxyl groups excluding tert-OH is 1. The number of aliphatic hydroxyl groups is 1. The summed E-state index contributed by atoms with van der Waals surface area (Å²) < 4.78 is 1.59. The molecule has 4 aromatic rings. The minimum absolute atomic E-state index is 0.0185. The van der Waals surface area contributed by atoms with Crippen LogP contribution in [0.2, 0.25) is 0 Å². The van der Waals surface area contributed by atoms with Gasteiger partial charge in [0, 0.05) is 31.0 Å². The van der Waals surface area contributed by atoms with Crippen molar-refractivity contribution in [3.63, 3.8) is 0 Å². The van der Waals surface area contributed by atoms with Crippen LogP contribution in [0.1, 0.15) is 47.2 Å². The number of pyridine rings is 1. The van der Waals surface area contributed by atoms with E-state index in [0.29, 0.717) is 28.8 Å². The van der Waals surface area contributed by atoms with Crippen LogP contribution in [0, 0.1) is 13.8 Å². The smallest absolute Gasteiger partial charge is 0.264 e. The molecule has 250 valence electrons. The molecule has 1 aliphatic heterocycles. The summed E-state index contributed by atoms with van der Waals surface area (Å²) in [6.45, 7) is 9.52. The number of aromatic nitrogens is 1. The third-order valence-electron chi connectivity index (χ3n) is 8.44. The average molecular weight is 652 g/mol. The summed E-state index contributed by atoms with van der Waals surface area (Å²) in [5.41, 5.74) is 8.57. The second-order valence-electron chi connectivity index (χ2n) is 11.6. The molecule has 48 heavy (non-hydrogen) atoms.